The Bertz CT molecular complexity index is 885. The quantitative estimate of drug-likeness (QED) is 0.727. The molecular weight excluding hydrogens is 398 g/mol. The van der Waals surface area contributed by atoms with E-state index in [1.54, 1.807) is 11.8 Å². The molecule has 1 N–H and O–H groups in total. The summed E-state index contributed by atoms with van der Waals surface area (Å²) in [5.74, 6) is -0.0292. The van der Waals surface area contributed by atoms with E-state index >= 15 is 0 Å². The number of amides is 2. The lowest BCUT2D eigenvalue weighted by atomic mass is 10.0. The lowest BCUT2D eigenvalue weighted by Crippen LogP contribution is -2.43. The van der Waals surface area contributed by atoms with Crippen molar-refractivity contribution >= 4 is 33.2 Å². The number of hydrogen-bond donors (Lipinski definition) is 1. The van der Waals surface area contributed by atoms with E-state index in [0.717, 1.165) is 22.2 Å². The number of carbonyl (C=O) groups excluding carboxylic acids is 2. The van der Waals surface area contributed by atoms with Crippen molar-refractivity contribution in [3.63, 3.8) is 0 Å². The molecule has 2 amide bonds. The first-order valence-corrected chi connectivity index (χ1v) is 11.5. The smallest absolute Gasteiger partial charge is 0.261 e. The number of morpholine rings is 1. The molecule has 1 saturated heterocycles. The lowest BCUT2D eigenvalue weighted by molar-refractivity contribution is -0.136. The van der Waals surface area contributed by atoms with Gasteiger partial charge in [0, 0.05) is 48.9 Å². The summed E-state index contributed by atoms with van der Waals surface area (Å²) in [7, 11) is 0. The minimum absolute atomic E-state index is 0.0382. The van der Waals surface area contributed by atoms with E-state index in [1.807, 2.05) is 24.3 Å². The van der Waals surface area contributed by atoms with Crippen LogP contribution in [0.4, 0.5) is 0 Å². The van der Waals surface area contributed by atoms with Crippen molar-refractivity contribution in [1.82, 2.24) is 15.1 Å². The molecule has 2 heterocycles. The number of benzene rings is 1. The molecule has 0 radical (unpaired) electrons. The van der Waals surface area contributed by atoms with Gasteiger partial charge in [-0.25, -0.2) is 0 Å². The molecular formula is C23H33N3O3S. The Balaban J connectivity index is 1.82. The predicted octanol–water partition coefficient (Wildman–Crippen LogP) is 3.67. The van der Waals surface area contributed by atoms with Crippen LogP contribution >= 0.6 is 11.3 Å². The summed E-state index contributed by atoms with van der Waals surface area (Å²) in [5, 5.41) is 4.14. The topological polar surface area (TPSA) is 61.9 Å². The first kappa shape index (κ1) is 22.7. The van der Waals surface area contributed by atoms with E-state index in [2.05, 4.69) is 37.9 Å². The molecule has 7 heteroatoms. The molecule has 164 valence electrons. The molecule has 1 fully saturated rings. The van der Waals surface area contributed by atoms with Crippen molar-refractivity contribution < 1.29 is 14.3 Å². The minimum Gasteiger partial charge on any atom is -0.370 e. The normalized spacial score (nSPS) is 17.3. The summed E-state index contributed by atoms with van der Waals surface area (Å²) in [6, 6.07) is 8.88. The molecule has 1 aliphatic rings. The fourth-order valence-corrected chi connectivity index (χ4v) is 5.33. The lowest BCUT2D eigenvalue weighted by Gasteiger charge is -2.33. The maximum Gasteiger partial charge on any atom is 0.261 e. The number of nitrogens with one attached hydrogen (secondary N) is 1. The van der Waals surface area contributed by atoms with Crippen LogP contribution in [0.1, 0.15) is 56.0 Å². The van der Waals surface area contributed by atoms with E-state index in [-0.39, 0.29) is 17.9 Å². The predicted molar refractivity (Wildman–Crippen MR) is 122 cm³/mol. The summed E-state index contributed by atoms with van der Waals surface area (Å²) >= 11 is 1.50. The zero-order chi connectivity index (χ0) is 21.8. The molecule has 0 spiro atoms. The van der Waals surface area contributed by atoms with Gasteiger partial charge in [0.1, 0.15) is 6.10 Å². The zero-order valence-corrected chi connectivity index (χ0v) is 19.4. The summed E-state index contributed by atoms with van der Waals surface area (Å²) in [6.45, 7) is 13.2. The van der Waals surface area contributed by atoms with Gasteiger partial charge in [0.15, 0.2) is 0 Å². The third-order valence-corrected chi connectivity index (χ3v) is 6.84. The Kier molecular flexibility index (Phi) is 7.50. The zero-order valence-electron chi connectivity index (χ0n) is 18.6. The van der Waals surface area contributed by atoms with Crippen LogP contribution in [0.15, 0.2) is 24.3 Å². The monoisotopic (exact) mass is 431 g/mol. The van der Waals surface area contributed by atoms with Crippen LogP contribution in [0, 0.1) is 0 Å². The van der Waals surface area contributed by atoms with Gasteiger partial charge in [-0.05, 0) is 39.1 Å². The molecule has 30 heavy (non-hydrogen) atoms. The number of nitrogens with zero attached hydrogens (tertiary/aromatic N) is 2. The second-order valence-electron chi connectivity index (χ2n) is 8.35. The second kappa shape index (κ2) is 9.90. The molecule has 1 aliphatic heterocycles. The number of thiophene rings is 1. The highest BCUT2D eigenvalue weighted by Crippen LogP contribution is 2.38. The Morgan fingerprint density at radius 1 is 1.23 bits per heavy atom. The van der Waals surface area contributed by atoms with Crippen LogP contribution in [0.3, 0.4) is 0 Å². The van der Waals surface area contributed by atoms with Crippen LogP contribution in [-0.4, -0.2) is 66.5 Å². The number of carbonyl (C=O) groups is 2. The van der Waals surface area contributed by atoms with Crippen molar-refractivity contribution in [2.75, 3.05) is 32.8 Å². The fourth-order valence-electron chi connectivity index (χ4n) is 4.16. The van der Waals surface area contributed by atoms with Crippen molar-refractivity contribution in [3.05, 3.63) is 34.7 Å². The molecule has 6 nitrogen and oxygen atoms in total. The van der Waals surface area contributed by atoms with Gasteiger partial charge in [0.25, 0.3) is 5.91 Å². The minimum atomic E-state index is -0.289. The van der Waals surface area contributed by atoms with E-state index in [4.69, 9.17) is 4.74 Å². The van der Waals surface area contributed by atoms with E-state index in [9.17, 15) is 9.59 Å². The van der Waals surface area contributed by atoms with Crippen LogP contribution in [0.25, 0.3) is 10.1 Å². The third kappa shape index (κ3) is 5.02. The van der Waals surface area contributed by atoms with Gasteiger partial charge < -0.3 is 15.0 Å². The third-order valence-electron chi connectivity index (χ3n) is 5.66. The Hall–Kier alpha value is -1.96. The molecule has 2 aromatic rings. The van der Waals surface area contributed by atoms with E-state index in [1.165, 1.54) is 11.3 Å². The maximum atomic E-state index is 13.2. The molecule has 3 rings (SSSR count). The van der Waals surface area contributed by atoms with Crippen LogP contribution in [-0.2, 0) is 9.53 Å². The Morgan fingerprint density at radius 2 is 1.93 bits per heavy atom. The highest BCUT2D eigenvalue weighted by molar-refractivity contribution is 7.21. The van der Waals surface area contributed by atoms with Gasteiger partial charge in [-0.15, -0.1) is 11.3 Å². The average Bonchev–Trinajstić information content (AvgIpc) is 3.10. The first-order chi connectivity index (χ1) is 14.3. The Morgan fingerprint density at radius 3 is 2.60 bits per heavy atom. The number of rotatable bonds is 7. The molecule has 0 unspecified atom stereocenters. The summed E-state index contributed by atoms with van der Waals surface area (Å²) < 4.78 is 7.09. The first-order valence-electron chi connectivity index (χ1n) is 10.7. The molecule has 0 saturated carbocycles. The number of fused-ring (bicyclic) bond motifs is 1. The largest absolute Gasteiger partial charge is 0.370 e. The summed E-state index contributed by atoms with van der Waals surface area (Å²) in [4.78, 5) is 29.9. The van der Waals surface area contributed by atoms with Gasteiger partial charge in [0.05, 0.1) is 18.0 Å². The van der Waals surface area contributed by atoms with E-state index in [0.29, 0.717) is 43.2 Å². The highest BCUT2D eigenvalue weighted by Gasteiger charge is 2.30. The molecule has 1 aromatic carbocycles. The van der Waals surface area contributed by atoms with Crippen LogP contribution in [0.5, 0.6) is 0 Å². The van der Waals surface area contributed by atoms with Crippen molar-refractivity contribution in [3.8, 4) is 0 Å². The maximum absolute atomic E-state index is 13.2. The van der Waals surface area contributed by atoms with Gasteiger partial charge in [0.2, 0.25) is 5.91 Å². The number of ether oxygens (including phenoxy) is 1. The molecule has 1 atom stereocenters. The van der Waals surface area contributed by atoms with Crippen molar-refractivity contribution in [1.29, 1.82) is 0 Å². The van der Waals surface area contributed by atoms with Gasteiger partial charge in [-0.3, -0.25) is 14.5 Å². The van der Waals surface area contributed by atoms with Gasteiger partial charge >= 0.3 is 0 Å². The van der Waals surface area contributed by atoms with Crippen LogP contribution in [0.2, 0.25) is 0 Å². The Labute approximate surface area is 183 Å². The summed E-state index contributed by atoms with van der Waals surface area (Å²) in [6.07, 6.45) is -0.289. The number of hydrogen-bond acceptors (Lipinski definition) is 5. The van der Waals surface area contributed by atoms with Crippen LogP contribution < -0.4 is 5.32 Å². The summed E-state index contributed by atoms with van der Waals surface area (Å²) in [5.41, 5.74) is 0.906. The SMILES string of the molecule is CC(=O)N1CCO[C@@H](c2c(C(=O)NCCN(C(C)C)C(C)C)sc3ccccc23)C1. The molecule has 0 aliphatic carbocycles. The van der Waals surface area contributed by atoms with Gasteiger partial charge in [-0.2, -0.15) is 0 Å². The van der Waals surface area contributed by atoms with Gasteiger partial charge in [-0.1, -0.05) is 18.2 Å². The van der Waals surface area contributed by atoms with Crippen molar-refractivity contribution in [2.24, 2.45) is 0 Å². The average molecular weight is 432 g/mol. The fraction of sp³-hybridized carbons (Fsp3) is 0.565. The highest BCUT2D eigenvalue weighted by atomic mass is 32.1. The van der Waals surface area contributed by atoms with E-state index < -0.39 is 0 Å². The standard InChI is InChI=1S/C23H33N3O3S/c1-15(2)26(16(3)4)11-10-24-23(28)22-21(18-8-6-7-9-20(18)30-22)19-14-25(17(5)27)12-13-29-19/h6-9,15-16,19H,10-14H2,1-5H3,(H,24,28)/t19-/m1/s1. The molecule has 1 aromatic heterocycles. The second-order valence-corrected chi connectivity index (χ2v) is 9.40. The molecule has 0 bridgehead atoms. The van der Waals surface area contributed by atoms with Crippen molar-refractivity contribution in [2.45, 2.75) is 52.8 Å².